The molecular formula is C17H16O2. The predicted octanol–water partition coefficient (Wildman–Crippen LogP) is 3.88. The van der Waals surface area contributed by atoms with Crippen molar-refractivity contribution in [2.75, 3.05) is 0 Å². The van der Waals surface area contributed by atoms with Crippen LogP contribution in [0.4, 0.5) is 0 Å². The van der Waals surface area contributed by atoms with Crippen molar-refractivity contribution in [2.45, 2.75) is 18.9 Å². The molecule has 19 heavy (non-hydrogen) atoms. The first-order valence-electron chi connectivity index (χ1n) is 6.38. The first kappa shape index (κ1) is 12.0. The molecule has 3 aromatic rings. The second-order valence-electron chi connectivity index (χ2n) is 5.10. The number of hydrogen-bond acceptors (Lipinski definition) is 2. The van der Waals surface area contributed by atoms with Crippen molar-refractivity contribution in [3.63, 3.8) is 0 Å². The number of benzene rings is 2. The zero-order chi connectivity index (χ0) is 13.3. The summed E-state index contributed by atoms with van der Waals surface area (Å²) in [5.74, 6) is 0. The average Bonchev–Trinajstić information content (AvgIpc) is 2.93. The predicted molar refractivity (Wildman–Crippen MR) is 75.9 cm³/mol. The van der Waals surface area contributed by atoms with Gasteiger partial charge in [-0.25, -0.2) is 0 Å². The first-order valence-corrected chi connectivity index (χ1v) is 6.38. The molecular weight excluding hydrogens is 236 g/mol. The largest absolute Gasteiger partial charge is 0.472 e. The van der Waals surface area contributed by atoms with Gasteiger partial charge in [-0.15, -0.1) is 0 Å². The maximum atomic E-state index is 10.6. The fourth-order valence-electron chi connectivity index (χ4n) is 2.49. The van der Waals surface area contributed by atoms with E-state index in [4.69, 9.17) is 4.42 Å². The summed E-state index contributed by atoms with van der Waals surface area (Å²) < 4.78 is 5.07. The third-order valence-electron chi connectivity index (χ3n) is 3.56. The van der Waals surface area contributed by atoms with Gasteiger partial charge < -0.3 is 9.52 Å². The lowest BCUT2D eigenvalue weighted by molar-refractivity contribution is 0.0573. The number of aliphatic hydroxyl groups is 1. The molecule has 0 amide bonds. The Labute approximate surface area is 112 Å². The van der Waals surface area contributed by atoms with Crippen LogP contribution in [0.3, 0.4) is 0 Å². The molecule has 1 heterocycles. The van der Waals surface area contributed by atoms with Crippen molar-refractivity contribution in [3.8, 4) is 0 Å². The van der Waals surface area contributed by atoms with Gasteiger partial charge in [0.05, 0.1) is 18.1 Å². The van der Waals surface area contributed by atoms with E-state index in [1.165, 1.54) is 10.8 Å². The lowest BCUT2D eigenvalue weighted by Gasteiger charge is -2.22. The molecule has 0 saturated heterocycles. The topological polar surface area (TPSA) is 33.4 Å². The van der Waals surface area contributed by atoms with E-state index in [1.54, 1.807) is 12.5 Å². The minimum Gasteiger partial charge on any atom is -0.472 e. The molecule has 0 fully saturated rings. The van der Waals surface area contributed by atoms with E-state index in [-0.39, 0.29) is 0 Å². The Morgan fingerprint density at radius 1 is 1.05 bits per heavy atom. The van der Waals surface area contributed by atoms with E-state index < -0.39 is 5.60 Å². The Morgan fingerprint density at radius 2 is 1.84 bits per heavy atom. The third-order valence-corrected chi connectivity index (χ3v) is 3.56. The van der Waals surface area contributed by atoms with Gasteiger partial charge in [-0.3, -0.25) is 0 Å². The van der Waals surface area contributed by atoms with Gasteiger partial charge in [0.15, 0.2) is 0 Å². The Kier molecular flexibility index (Phi) is 2.88. The van der Waals surface area contributed by atoms with Gasteiger partial charge in [0, 0.05) is 12.0 Å². The molecule has 1 N–H and O–H groups in total. The van der Waals surface area contributed by atoms with Crippen LogP contribution in [-0.4, -0.2) is 5.11 Å². The maximum Gasteiger partial charge on any atom is 0.0963 e. The Morgan fingerprint density at radius 3 is 2.63 bits per heavy atom. The molecule has 0 aliphatic heterocycles. The van der Waals surface area contributed by atoms with Crippen molar-refractivity contribution in [2.24, 2.45) is 0 Å². The highest BCUT2D eigenvalue weighted by molar-refractivity contribution is 5.85. The van der Waals surface area contributed by atoms with Gasteiger partial charge in [-0.2, -0.15) is 0 Å². The van der Waals surface area contributed by atoms with Crippen molar-refractivity contribution in [3.05, 3.63) is 72.2 Å². The van der Waals surface area contributed by atoms with Gasteiger partial charge >= 0.3 is 0 Å². The Bertz CT molecular complexity index is 676. The van der Waals surface area contributed by atoms with E-state index in [2.05, 4.69) is 24.3 Å². The molecule has 2 heteroatoms. The number of hydrogen-bond donors (Lipinski definition) is 1. The normalized spacial score (nSPS) is 14.4. The van der Waals surface area contributed by atoms with Gasteiger partial charge in [-0.1, -0.05) is 42.5 Å². The molecule has 0 aliphatic rings. The highest BCUT2D eigenvalue weighted by Crippen LogP contribution is 2.29. The van der Waals surface area contributed by atoms with Crippen LogP contribution in [0, 0.1) is 0 Å². The van der Waals surface area contributed by atoms with Gasteiger partial charge in [-0.05, 0) is 29.3 Å². The summed E-state index contributed by atoms with van der Waals surface area (Å²) in [6, 6.07) is 16.2. The number of rotatable bonds is 3. The van der Waals surface area contributed by atoms with Crippen molar-refractivity contribution in [1.82, 2.24) is 0 Å². The van der Waals surface area contributed by atoms with E-state index in [0.29, 0.717) is 6.42 Å². The lowest BCUT2D eigenvalue weighted by atomic mass is 9.89. The zero-order valence-corrected chi connectivity index (χ0v) is 10.8. The number of furan rings is 1. The van der Waals surface area contributed by atoms with E-state index in [1.807, 2.05) is 31.2 Å². The molecule has 2 nitrogen and oxygen atoms in total. The van der Waals surface area contributed by atoms with Crippen LogP contribution < -0.4 is 0 Å². The summed E-state index contributed by atoms with van der Waals surface area (Å²) in [4.78, 5) is 0. The van der Waals surface area contributed by atoms with Gasteiger partial charge in [0.2, 0.25) is 0 Å². The number of fused-ring (bicyclic) bond motifs is 1. The Balaban J connectivity index is 2.02. The fourth-order valence-corrected chi connectivity index (χ4v) is 2.49. The molecule has 0 bridgehead atoms. The molecule has 2 aromatic carbocycles. The fraction of sp³-hybridized carbons (Fsp3) is 0.176. The molecule has 0 aliphatic carbocycles. The average molecular weight is 252 g/mol. The van der Waals surface area contributed by atoms with Gasteiger partial charge in [0.25, 0.3) is 0 Å². The minimum atomic E-state index is -0.920. The van der Waals surface area contributed by atoms with E-state index in [9.17, 15) is 5.11 Å². The molecule has 0 radical (unpaired) electrons. The van der Waals surface area contributed by atoms with E-state index >= 15 is 0 Å². The second kappa shape index (κ2) is 4.56. The summed E-state index contributed by atoms with van der Waals surface area (Å²) in [5.41, 5.74) is 1.03. The van der Waals surface area contributed by atoms with Crippen molar-refractivity contribution >= 4 is 10.8 Å². The van der Waals surface area contributed by atoms with Crippen LogP contribution in [-0.2, 0) is 12.0 Å². The summed E-state index contributed by atoms with van der Waals surface area (Å²) in [6.45, 7) is 1.82. The van der Waals surface area contributed by atoms with Crippen LogP contribution >= 0.6 is 0 Å². The van der Waals surface area contributed by atoms with E-state index in [0.717, 1.165) is 11.1 Å². The molecule has 3 rings (SSSR count). The summed E-state index contributed by atoms with van der Waals surface area (Å²) >= 11 is 0. The monoisotopic (exact) mass is 252 g/mol. The summed E-state index contributed by atoms with van der Waals surface area (Å²) in [6.07, 6.45) is 3.76. The summed E-state index contributed by atoms with van der Waals surface area (Å²) in [5, 5.41) is 13.0. The lowest BCUT2D eigenvalue weighted by Crippen LogP contribution is -2.23. The van der Waals surface area contributed by atoms with Crippen LogP contribution in [0.2, 0.25) is 0 Å². The quantitative estimate of drug-likeness (QED) is 0.767. The minimum absolute atomic E-state index is 0.563. The van der Waals surface area contributed by atoms with Crippen LogP contribution in [0.15, 0.2) is 65.5 Å². The maximum absolute atomic E-state index is 10.6. The van der Waals surface area contributed by atoms with Crippen LogP contribution in [0.25, 0.3) is 10.8 Å². The standard InChI is InChI=1S/C17H16O2/c1-17(18,15-9-10-19-12-15)11-14-7-4-6-13-5-2-3-8-16(13)14/h2-10,12,18H,11H2,1H3. The molecule has 1 aromatic heterocycles. The SMILES string of the molecule is CC(O)(Cc1cccc2ccccc12)c1ccoc1. The zero-order valence-electron chi connectivity index (χ0n) is 10.8. The third kappa shape index (κ3) is 2.27. The smallest absolute Gasteiger partial charge is 0.0963 e. The van der Waals surface area contributed by atoms with Crippen molar-refractivity contribution < 1.29 is 9.52 Å². The molecule has 0 spiro atoms. The highest BCUT2D eigenvalue weighted by Gasteiger charge is 2.25. The highest BCUT2D eigenvalue weighted by atomic mass is 16.3. The second-order valence-corrected chi connectivity index (χ2v) is 5.10. The van der Waals surface area contributed by atoms with Crippen molar-refractivity contribution in [1.29, 1.82) is 0 Å². The van der Waals surface area contributed by atoms with Crippen LogP contribution in [0.1, 0.15) is 18.1 Å². The molecule has 96 valence electrons. The van der Waals surface area contributed by atoms with Crippen LogP contribution in [0.5, 0.6) is 0 Å². The molecule has 0 saturated carbocycles. The first-order chi connectivity index (χ1) is 9.17. The summed E-state index contributed by atoms with van der Waals surface area (Å²) in [7, 11) is 0. The molecule has 1 atom stereocenters. The Hall–Kier alpha value is -2.06. The molecule has 1 unspecified atom stereocenters. The van der Waals surface area contributed by atoms with Gasteiger partial charge in [0.1, 0.15) is 0 Å².